The highest BCUT2D eigenvalue weighted by Gasteiger charge is 2.35. The maximum Gasteiger partial charge on any atom is 0.229 e. The first kappa shape index (κ1) is 16.5. The largest absolute Gasteiger partial charge is 0.339 e. The van der Waals surface area contributed by atoms with Gasteiger partial charge in [-0.25, -0.2) is 0 Å². The number of nitrogens with one attached hydrogen (secondary N) is 1. The maximum atomic E-state index is 12.3. The molecule has 4 nitrogen and oxygen atoms in total. The number of aryl methyl sites for hydroxylation is 1. The third-order valence-corrected chi connectivity index (χ3v) is 4.19. The number of carbonyl (C=O) groups is 2. The van der Waals surface area contributed by atoms with Gasteiger partial charge in [0.25, 0.3) is 0 Å². The summed E-state index contributed by atoms with van der Waals surface area (Å²) in [6.45, 7) is 6.66. The summed E-state index contributed by atoms with van der Waals surface area (Å²) in [5.74, 6) is -0.225. The second kappa shape index (κ2) is 7.43. The molecule has 0 saturated carbocycles. The van der Waals surface area contributed by atoms with Crippen molar-refractivity contribution in [2.24, 2.45) is 5.92 Å². The van der Waals surface area contributed by atoms with Gasteiger partial charge in [0.2, 0.25) is 11.8 Å². The molecule has 1 fully saturated rings. The van der Waals surface area contributed by atoms with Crippen LogP contribution < -0.4 is 5.32 Å². The van der Waals surface area contributed by atoms with Gasteiger partial charge in [0.05, 0.1) is 5.92 Å². The zero-order valence-electron chi connectivity index (χ0n) is 13.8. The van der Waals surface area contributed by atoms with Gasteiger partial charge in [-0.15, -0.1) is 0 Å². The van der Waals surface area contributed by atoms with E-state index in [1.54, 1.807) is 4.90 Å². The fourth-order valence-corrected chi connectivity index (χ4v) is 2.79. The van der Waals surface area contributed by atoms with Crippen molar-refractivity contribution in [2.45, 2.75) is 52.5 Å². The second-order valence-corrected chi connectivity index (χ2v) is 6.33. The van der Waals surface area contributed by atoms with Gasteiger partial charge in [-0.1, -0.05) is 25.5 Å². The Morgan fingerprint density at radius 2 is 2.00 bits per heavy atom. The van der Waals surface area contributed by atoms with Crippen LogP contribution in [-0.2, 0) is 16.0 Å². The van der Waals surface area contributed by atoms with E-state index in [0.29, 0.717) is 13.0 Å². The van der Waals surface area contributed by atoms with E-state index in [2.05, 4.69) is 24.4 Å². The molecule has 22 heavy (non-hydrogen) atoms. The molecule has 0 unspecified atom stereocenters. The maximum absolute atomic E-state index is 12.3. The highest BCUT2D eigenvalue weighted by molar-refractivity contribution is 5.97. The number of benzene rings is 1. The first-order chi connectivity index (χ1) is 10.5. The number of rotatable bonds is 6. The van der Waals surface area contributed by atoms with Crippen molar-refractivity contribution >= 4 is 17.5 Å². The Morgan fingerprint density at radius 1 is 1.32 bits per heavy atom. The normalized spacial score (nSPS) is 18.1. The van der Waals surface area contributed by atoms with Crippen LogP contribution in [0.25, 0.3) is 0 Å². The lowest BCUT2D eigenvalue weighted by Gasteiger charge is -2.20. The van der Waals surface area contributed by atoms with Gasteiger partial charge in [-0.3, -0.25) is 9.59 Å². The molecule has 4 heteroatoms. The number of carbonyl (C=O) groups excluding carboxylic acids is 2. The Morgan fingerprint density at radius 3 is 2.55 bits per heavy atom. The van der Waals surface area contributed by atoms with Gasteiger partial charge >= 0.3 is 0 Å². The molecule has 1 saturated heterocycles. The highest BCUT2D eigenvalue weighted by atomic mass is 16.2. The van der Waals surface area contributed by atoms with Crippen LogP contribution in [0.15, 0.2) is 24.3 Å². The second-order valence-electron chi connectivity index (χ2n) is 6.33. The summed E-state index contributed by atoms with van der Waals surface area (Å²) in [4.78, 5) is 25.9. The summed E-state index contributed by atoms with van der Waals surface area (Å²) in [5, 5.41) is 2.93. The molecule has 1 aromatic carbocycles. The van der Waals surface area contributed by atoms with Crippen molar-refractivity contribution in [3.05, 3.63) is 29.8 Å². The lowest BCUT2D eigenvalue weighted by molar-refractivity contribution is -0.129. The third kappa shape index (κ3) is 4.09. The molecule has 120 valence electrons. The first-order valence-electron chi connectivity index (χ1n) is 8.20. The minimum absolute atomic E-state index is 0.0576. The average Bonchev–Trinajstić information content (AvgIpc) is 2.89. The monoisotopic (exact) mass is 302 g/mol. The van der Waals surface area contributed by atoms with Gasteiger partial charge in [-0.05, 0) is 44.4 Å². The van der Waals surface area contributed by atoms with Crippen molar-refractivity contribution in [3.63, 3.8) is 0 Å². The first-order valence-corrected chi connectivity index (χ1v) is 8.20. The predicted octanol–water partition coefficient (Wildman–Crippen LogP) is 3.22. The van der Waals surface area contributed by atoms with Gasteiger partial charge < -0.3 is 10.2 Å². The van der Waals surface area contributed by atoms with E-state index in [1.165, 1.54) is 18.4 Å². The van der Waals surface area contributed by atoms with Crippen LogP contribution in [0.4, 0.5) is 5.69 Å². The van der Waals surface area contributed by atoms with E-state index >= 15 is 0 Å². The molecular formula is C18H26N2O2. The van der Waals surface area contributed by atoms with Crippen LogP contribution in [0.5, 0.6) is 0 Å². The number of hydrogen-bond acceptors (Lipinski definition) is 2. The summed E-state index contributed by atoms with van der Waals surface area (Å²) in [6, 6.07) is 8.17. The van der Waals surface area contributed by atoms with Crippen molar-refractivity contribution in [3.8, 4) is 0 Å². The Balaban J connectivity index is 1.91. The minimum atomic E-state index is -0.241. The fourth-order valence-electron chi connectivity index (χ4n) is 2.79. The zero-order chi connectivity index (χ0) is 16.1. The summed E-state index contributed by atoms with van der Waals surface area (Å²) < 4.78 is 0. The van der Waals surface area contributed by atoms with Gasteiger partial charge in [0, 0.05) is 24.7 Å². The predicted molar refractivity (Wildman–Crippen MR) is 88.6 cm³/mol. The fraction of sp³-hybridized carbons (Fsp3) is 0.556. The van der Waals surface area contributed by atoms with E-state index in [9.17, 15) is 9.59 Å². The standard InChI is InChI=1S/C18H26N2O2/c1-4-5-6-14-7-9-16(10-8-14)19-18(22)15-11-17(21)20(12-15)13(2)3/h7-10,13,15H,4-6,11-12H2,1-3H3,(H,19,22)/t15-/m1/s1. The highest BCUT2D eigenvalue weighted by Crippen LogP contribution is 2.22. The molecule has 0 spiro atoms. The van der Waals surface area contributed by atoms with Crippen LogP contribution in [0.1, 0.15) is 45.6 Å². The Kier molecular flexibility index (Phi) is 5.58. The topological polar surface area (TPSA) is 49.4 Å². The molecule has 0 aromatic heterocycles. The molecule has 2 amide bonds. The minimum Gasteiger partial charge on any atom is -0.339 e. The molecule has 1 aliphatic rings. The van der Waals surface area contributed by atoms with Crippen LogP contribution >= 0.6 is 0 Å². The van der Waals surface area contributed by atoms with Crippen molar-refractivity contribution in [1.29, 1.82) is 0 Å². The Labute approximate surface area is 132 Å². The van der Waals surface area contributed by atoms with Gasteiger partial charge in [0.1, 0.15) is 0 Å². The molecule has 1 N–H and O–H groups in total. The van der Waals surface area contributed by atoms with Crippen molar-refractivity contribution in [2.75, 3.05) is 11.9 Å². The van der Waals surface area contributed by atoms with Gasteiger partial charge in [0.15, 0.2) is 0 Å². The Hall–Kier alpha value is -1.84. The summed E-state index contributed by atoms with van der Waals surface area (Å²) >= 11 is 0. The number of unbranched alkanes of at least 4 members (excludes halogenated alkanes) is 1. The van der Waals surface area contributed by atoms with E-state index < -0.39 is 0 Å². The number of amides is 2. The number of likely N-dealkylation sites (tertiary alicyclic amines) is 1. The van der Waals surface area contributed by atoms with Crippen molar-refractivity contribution < 1.29 is 9.59 Å². The smallest absolute Gasteiger partial charge is 0.229 e. The lowest BCUT2D eigenvalue weighted by atomic mass is 10.1. The van der Waals surface area contributed by atoms with Crippen LogP contribution in [-0.4, -0.2) is 29.3 Å². The zero-order valence-corrected chi connectivity index (χ0v) is 13.8. The van der Waals surface area contributed by atoms with Crippen LogP contribution in [0.3, 0.4) is 0 Å². The molecule has 0 bridgehead atoms. The molecule has 1 heterocycles. The van der Waals surface area contributed by atoms with Crippen molar-refractivity contribution in [1.82, 2.24) is 4.90 Å². The molecular weight excluding hydrogens is 276 g/mol. The van der Waals surface area contributed by atoms with E-state index in [-0.39, 0.29) is 23.8 Å². The molecule has 2 rings (SSSR count). The molecule has 1 aromatic rings. The number of nitrogens with zero attached hydrogens (tertiary/aromatic N) is 1. The average molecular weight is 302 g/mol. The van der Waals surface area contributed by atoms with E-state index in [0.717, 1.165) is 12.1 Å². The quantitative estimate of drug-likeness (QED) is 0.877. The molecule has 1 aliphatic heterocycles. The molecule has 1 atom stereocenters. The number of hydrogen-bond donors (Lipinski definition) is 1. The van der Waals surface area contributed by atoms with Crippen LogP contribution in [0.2, 0.25) is 0 Å². The Bertz CT molecular complexity index is 522. The molecule has 0 radical (unpaired) electrons. The van der Waals surface area contributed by atoms with E-state index in [1.807, 2.05) is 26.0 Å². The summed E-state index contributed by atoms with van der Waals surface area (Å²) in [7, 11) is 0. The molecule has 0 aliphatic carbocycles. The summed E-state index contributed by atoms with van der Waals surface area (Å²) in [5.41, 5.74) is 2.10. The van der Waals surface area contributed by atoms with Gasteiger partial charge in [-0.2, -0.15) is 0 Å². The lowest BCUT2D eigenvalue weighted by Crippen LogP contribution is -2.33. The SMILES string of the molecule is CCCCc1ccc(NC(=O)[C@@H]2CC(=O)N(C(C)C)C2)cc1. The van der Waals surface area contributed by atoms with E-state index in [4.69, 9.17) is 0 Å². The third-order valence-electron chi connectivity index (χ3n) is 4.19. The summed E-state index contributed by atoms with van der Waals surface area (Å²) in [6.07, 6.45) is 3.76. The number of anilines is 1. The van der Waals surface area contributed by atoms with Crippen LogP contribution in [0, 0.1) is 5.92 Å².